The van der Waals surface area contributed by atoms with Gasteiger partial charge in [0.25, 0.3) is 11.7 Å². The van der Waals surface area contributed by atoms with Crippen LogP contribution in [0.15, 0.2) is 54.6 Å². The molecule has 0 spiro atoms. The Morgan fingerprint density at radius 2 is 1.91 bits per heavy atom. The largest absolute Gasteiger partial charge is 0.481 e. The van der Waals surface area contributed by atoms with E-state index in [9.17, 15) is 14.4 Å². The first-order valence-electron chi connectivity index (χ1n) is 11.5. The van der Waals surface area contributed by atoms with Crippen molar-refractivity contribution in [3.05, 3.63) is 77.0 Å². The van der Waals surface area contributed by atoms with Gasteiger partial charge in [-0.1, -0.05) is 49.4 Å². The quantitative estimate of drug-likeness (QED) is 0.282. The van der Waals surface area contributed by atoms with Gasteiger partial charge in [-0.05, 0) is 54.9 Å². The predicted molar refractivity (Wildman–Crippen MR) is 129 cm³/mol. The number of carboxylic acid groups (broad SMARTS) is 1. The van der Waals surface area contributed by atoms with Gasteiger partial charge in [0.2, 0.25) is 0 Å². The van der Waals surface area contributed by atoms with Crippen molar-refractivity contribution in [2.45, 2.75) is 45.1 Å². The van der Waals surface area contributed by atoms with Gasteiger partial charge >= 0.3 is 5.97 Å². The van der Waals surface area contributed by atoms with Crippen molar-refractivity contribution in [2.24, 2.45) is 5.73 Å². The summed E-state index contributed by atoms with van der Waals surface area (Å²) in [5.41, 5.74) is 9.37. The second-order valence-electron chi connectivity index (χ2n) is 8.47. The van der Waals surface area contributed by atoms with Gasteiger partial charge in [0.15, 0.2) is 6.61 Å². The minimum Gasteiger partial charge on any atom is -0.481 e. The van der Waals surface area contributed by atoms with E-state index in [-0.39, 0.29) is 11.3 Å². The number of primary amides is 1. The standard InChI is InChI=1S/C27H28N2O5/c1-2-20-25(26(32)27(28)33)24-21(13-8-14-22(24)34-16-23(30)31)29(20)15-18-11-6-7-12-19(18)17-9-4-3-5-10-17/h3-4,6-8,11-14,17H,2,5,9-10,15-16H2,1H3,(H2,28,33)(H,30,31). The number of benzene rings is 2. The lowest BCUT2D eigenvalue weighted by molar-refractivity contribution is -0.139. The molecule has 1 amide bonds. The van der Waals surface area contributed by atoms with Crippen LogP contribution in [-0.4, -0.2) is 33.9 Å². The Labute approximate surface area is 197 Å². The first kappa shape index (κ1) is 23.3. The van der Waals surface area contributed by atoms with Crippen LogP contribution in [-0.2, 0) is 22.6 Å². The van der Waals surface area contributed by atoms with Crippen LogP contribution >= 0.6 is 0 Å². The third kappa shape index (κ3) is 4.46. The molecule has 7 heteroatoms. The summed E-state index contributed by atoms with van der Waals surface area (Å²) >= 11 is 0. The maximum absolute atomic E-state index is 12.9. The number of hydrogen-bond donors (Lipinski definition) is 2. The number of amides is 1. The highest BCUT2D eigenvalue weighted by Crippen LogP contribution is 2.37. The molecule has 4 rings (SSSR count). The molecule has 7 nitrogen and oxygen atoms in total. The third-order valence-electron chi connectivity index (χ3n) is 6.39. The van der Waals surface area contributed by atoms with Crippen LogP contribution in [0.4, 0.5) is 0 Å². The van der Waals surface area contributed by atoms with Crippen molar-refractivity contribution in [2.75, 3.05) is 6.61 Å². The second-order valence-corrected chi connectivity index (χ2v) is 8.47. The smallest absolute Gasteiger partial charge is 0.341 e. The highest BCUT2D eigenvalue weighted by Gasteiger charge is 2.28. The molecule has 0 saturated heterocycles. The number of fused-ring (bicyclic) bond motifs is 1. The number of carbonyl (C=O) groups is 3. The summed E-state index contributed by atoms with van der Waals surface area (Å²) in [6, 6.07) is 13.5. The Balaban J connectivity index is 1.89. The van der Waals surface area contributed by atoms with Crippen LogP contribution < -0.4 is 10.5 Å². The van der Waals surface area contributed by atoms with Crippen LogP contribution in [0.25, 0.3) is 10.9 Å². The molecule has 0 bridgehead atoms. The van der Waals surface area contributed by atoms with E-state index in [1.807, 2.05) is 29.7 Å². The van der Waals surface area contributed by atoms with E-state index in [0.29, 0.717) is 35.5 Å². The van der Waals surface area contributed by atoms with Crippen molar-refractivity contribution in [1.82, 2.24) is 4.57 Å². The number of nitrogens with zero attached hydrogens (tertiary/aromatic N) is 1. The number of carboxylic acids is 1. The summed E-state index contributed by atoms with van der Waals surface area (Å²) in [5, 5.41) is 9.51. The van der Waals surface area contributed by atoms with Crippen LogP contribution in [0.5, 0.6) is 5.75 Å². The first-order chi connectivity index (χ1) is 16.4. The lowest BCUT2D eigenvalue weighted by Gasteiger charge is -2.22. The zero-order valence-corrected chi connectivity index (χ0v) is 19.1. The van der Waals surface area contributed by atoms with Gasteiger partial charge in [-0.2, -0.15) is 0 Å². The molecule has 1 atom stereocenters. The maximum atomic E-state index is 12.9. The predicted octanol–water partition coefficient (Wildman–Crippen LogP) is 4.21. The summed E-state index contributed by atoms with van der Waals surface area (Å²) in [6.07, 6.45) is 8.04. The third-order valence-corrected chi connectivity index (χ3v) is 6.39. The van der Waals surface area contributed by atoms with Gasteiger partial charge in [0.05, 0.1) is 16.5 Å². The van der Waals surface area contributed by atoms with Gasteiger partial charge in [0.1, 0.15) is 5.75 Å². The zero-order chi connectivity index (χ0) is 24.2. The maximum Gasteiger partial charge on any atom is 0.341 e. The van der Waals surface area contributed by atoms with Crippen LogP contribution in [0.2, 0.25) is 0 Å². The molecule has 34 heavy (non-hydrogen) atoms. The number of rotatable bonds is 9. The molecule has 1 aliphatic rings. The van der Waals surface area contributed by atoms with Crippen molar-refractivity contribution in [1.29, 1.82) is 0 Å². The lowest BCUT2D eigenvalue weighted by Crippen LogP contribution is -2.24. The molecule has 1 aromatic heterocycles. The monoisotopic (exact) mass is 460 g/mol. The molecule has 1 aliphatic carbocycles. The summed E-state index contributed by atoms with van der Waals surface area (Å²) in [7, 11) is 0. The van der Waals surface area contributed by atoms with Gasteiger partial charge in [-0.25, -0.2) is 4.79 Å². The number of hydrogen-bond acceptors (Lipinski definition) is 4. The van der Waals surface area contributed by atoms with E-state index in [2.05, 4.69) is 24.3 Å². The molecule has 0 saturated carbocycles. The Morgan fingerprint density at radius 3 is 2.59 bits per heavy atom. The Morgan fingerprint density at radius 1 is 1.12 bits per heavy atom. The molecule has 0 radical (unpaired) electrons. The molecule has 3 aromatic rings. The number of ketones is 1. The number of aromatic nitrogens is 1. The van der Waals surface area contributed by atoms with E-state index < -0.39 is 24.3 Å². The molecule has 1 heterocycles. The lowest BCUT2D eigenvalue weighted by atomic mass is 9.85. The molecular weight excluding hydrogens is 432 g/mol. The molecule has 1 unspecified atom stereocenters. The average molecular weight is 461 g/mol. The molecule has 3 N–H and O–H groups in total. The zero-order valence-electron chi connectivity index (χ0n) is 19.1. The number of aliphatic carboxylic acids is 1. The van der Waals surface area contributed by atoms with Crippen molar-refractivity contribution < 1.29 is 24.2 Å². The summed E-state index contributed by atoms with van der Waals surface area (Å²) in [5.74, 6) is -2.34. The number of allylic oxidation sites excluding steroid dienone is 2. The van der Waals surface area contributed by atoms with E-state index in [4.69, 9.17) is 15.6 Å². The van der Waals surface area contributed by atoms with Gasteiger partial charge in [-0.15, -0.1) is 0 Å². The normalized spacial score (nSPS) is 15.4. The highest BCUT2D eigenvalue weighted by atomic mass is 16.5. The summed E-state index contributed by atoms with van der Waals surface area (Å²) in [6.45, 7) is 1.86. The number of carbonyl (C=O) groups excluding carboxylic acids is 2. The van der Waals surface area contributed by atoms with Crippen molar-refractivity contribution in [3.8, 4) is 5.75 Å². The highest BCUT2D eigenvalue weighted by molar-refractivity contribution is 6.45. The minimum absolute atomic E-state index is 0.184. The molecule has 0 aliphatic heterocycles. The number of ether oxygens (including phenoxy) is 1. The van der Waals surface area contributed by atoms with E-state index >= 15 is 0 Å². The summed E-state index contributed by atoms with van der Waals surface area (Å²) in [4.78, 5) is 36.0. The minimum atomic E-state index is -1.13. The second kappa shape index (κ2) is 9.95. The average Bonchev–Trinajstić information content (AvgIpc) is 3.16. The SMILES string of the molecule is CCc1c(C(=O)C(N)=O)c2c(OCC(=O)O)cccc2n1Cc1ccccc1C1CC=CCC1. The van der Waals surface area contributed by atoms with Gasteiger partial charge < -0.3 is 20.1 Å². The Bertz CT molecular complexity index is 1290. The fraction of sp³-hybridized carbons (Fsp3) is 0.296. The first-order valence-corrected chi connectivity index (χ1v) is 11.5. The van der Waals surface area contributed by atoms with Crippen molar-refractivity contribution >= 4 is 28.6 Å². The molecule has 0 fully saturated rings. The van der Waals surface area contributed by atoms with E-state index in [1.165, 1.54) is 5.56 Å². The van der Waals surface area contributed by atoms with Gasteiger partial charge in [0, 0.05) is 12.2 Å². The Kier molecular flexibility index (Phi) is 6.82. The topological polar surface area (TPSA) is 112 Å². The molecule has 2 aromatic carbocycles. The molecular formula is C27H28N2O5. The van der Waals surface area contributed by atoms with Crippen LogP contribution in [0.3, 0.4) is 0 Å². The van der Waals surface area contributed by atoms with Crippen LogP contribution in [0.1, 0.15) is 59.3 Å². The Hall–Kier alpha value is -3.87. The fourth-order valence-corrected chi connectivity index (χ4v) is 4.92. The van der Waals surface area contributed by atoms with Crippen molar-refractivity contribution in [3.63, 3.8) is 0 Å². The van der Waals surface area contributed by atoms with Crippen LogP contribution in [0, 0.1) is 0 Å². The number of nitrogens with two attached hydrogens (primary N) is 1. The van der Waals surface area contributed by atoms with Gasteiger partial charge in [-0.3, -0.25) is 9.59 Å². The summed E-state index contributed by atoms with van der Waals surface area (Å²) < 4.78 is 7.53. The molecule has 176 valence electrons. The van der Waals surface area contributed by atoms with E-state index in [1.54, 1.807) is 12.1 Å². The number of Topliss-reactive ketones (excluding diaryl/α,β-unsaturated/α-hetero) is 1. The van der Waals surface area contributed by atoms with E-state index in [0.717, 1.165) is 24.8 Å². The fourth-order valence-electron chi connectivity index (χ4n) is 4.92.